The molecule has 2 aromatic carbocycles. The molecule has 0 unspecified atom stereocenters. The minimum Gasteiger partial charge on any atom is -0.316 e. The lowest BCUT2D eigenvalue weighted by Crippen LogP contribution is -2.45. The zero-order chi connectivity index (χ0) is 19.0. The first-order valence-electron chi connectivity index (χ1n) is 9.14. The van der Waals surface area contributed by atoms with E-state index < -0.39 is 0 Å². The second-order valence-electron chi connectivity index (χ2n) is 7.05. The normalized spacial score (nSPS) is 15.6. The monoisotopic (exact) mass is 379 g/mol. The largest absolute Gasteiger partial charge is 0.316 e. The molecule has 27 heavy (non-hydrogen) atoms. The number of nitrogens with one attached hydrogen (secondary N) is 1. The summed E-state index contributed by atoms with van der Waals surface area (Å²) in [5.41, 5.74) is 4.03. The van der Waals surface area contributed by atoms with E-state index in [1.807, 2.05) is 79.5 Å². The van der Waals surface area contributed by atoms with Crippen molar-refractivity contribution in [2.24, 2.45) is 0 Å². The molecule has 1 atom stereocenters. The molecule has 0 saturated carbocycles. The fourth-order valence-electron chi connectivity index (χ4n) is 3.60. The average molecular weight is 380 g/mol. The summed E-state index contributed by atoms with van der Waals surface area (Å²) in [6, 6.07) is 19.9. The highest BCUT2D eigenvalue weighted by Crippen LogP contribution is 2.42. The molecule has 0 fully saturated rings. The van der Waals surface area contributed by atoms with Crippen molar-refractivity contribution in [3.8, 4) is 5.69 Å². The Labute approximate surface area is 164 Å². The maximum atomic E-state index is 13.3. The summed E-state index contributed by atoms with van der Waals surface area (Å²) < 4.78 is 2.16. The van der Waals surface area contributed by atoms with Crippen LogP contribution in [0.2, 0.25) is 5.02 Å². The van der Waals surface area contributed by atoms with Gasteiger partial charge in [-0.2, -0.15) is 0 Å². The van der Waals surface area contributed by atoms with E-state index in [1.54, 1.807) is 0 Å². The minimum atomic E-state index is -0.200. The van der Waals surface area contributed by atoms with Crippen LogP contribution in [0.4, 0.5) is 5.69 Å². The number of carbonyl (C=O) groups excluding carboxylic acids is 1. The van der Waals surface area contributed by atoms with Gasteiger partial charge in [-0.05, 0) is 42.0 Å². The van der Waals surface area contributed by atoms with Gasteiger partial charge < -0.3 is 9.88 Å². The van der Waals surface area contributed by atoms with Gasteiger partial charge in [-0.3, -0.25) is 9.69 Å². The minimum absolute atomic E-state index is 0.0450. The van der Waals surface area contributed by atoms with E-state index in [0.29, 0.717) is 5.02 Å². The van der Waals surface area contributed by atoms with E-state index >= 15 is 0 Å². The number of para-hydroxylation sites is 2. The predicted molar refractivity (Wildman–Crippen MR) is 110 cm³/mol. The lowest BCUT2D eigenvalue weighted by Gasteiger charge is -2.38. The number of carbonyl (C=O) groups is 1. The molecule has 0 spiro atoms. The van der Waals surface area contributed by atoms with Crippen molar-refractivity contribution in [1.29, 1.82) is 0 Å². The average Bonchev–Trinajstić information content (AvgIpc) is 3.15. The zero-order valence-corrected chi connectivity index (χ0v) is 16.1. The summed E-state index contributed by atoms with van der Waals surface area (Å²) in [5.74, 6) is 0.0450. The quantitative estimate of drug-likeness (QED) is 0.721. The second-order valence-corrected chi connectivity index (χ2v) is 7.48. The summed E-state index contributed by atoms with van der Waals surface area (Å²) in [6.45, 7) is 4.37. The SMILES string of the molecule is CC(C)NCC(=O)N1c2ccccc2-n2cccc2[C@@H]1c1ccc(Cl)cc1. The molecule has 4 nitrogen and oxygen atoms in total. The Morgan fingerprint density at radius 2 is 1.74 bits per heavy atom. The molecule has 138 valence electrons. The van der Waals surface area contributed by atoms with Gasteiger partial charge in [-0.1, -0.05) is 49.7 Å². The van der Waals surface area contributed by atoms with E-state index in [0.717, 1.165) is 22.6 Å². The number of fused-ring (bicyclic) bond motifs is 3. The number of hydrogen-bond donors (Lipinski definition) is 1. The van der Waals surface area contributed by atoms with E-state index in [4.69, 9.17) is 11.6 Å². The van der Waals surface area contributed by atoms with Crippen LogP contribution in [0, 0.1) is 0 Å². The van der Waals surface area contributed by atoms with Crippen LogP contribution in [0.1, 0.15) is 31.1 Å². The fourth-order valence-corrected chi connectivity index (χ4v) is 3.73. The molecule has 0 radical (unpaired) electrons. The third-order valence-electron chi connectivity index (χ3n) is 4.84. The first-order chi connectivity index (χ1) is 13.1. The van der Waals surface area contributed by atoms with Crippen LogP contribution in [0.15, 0.2) is 66.9 Å². The molecule has 1 amide bonds. The van der Waals surface area contributed by atoms with E-state index in [-0.39, 0.29) is 24.5 Å². The maximum Gasteiger partial charge on any atom is 0.241 e. The number of hydrogen-bond acceptors (Lipinski definition) is 2. The number of amides is 1. The standard InChI is InChI=1S/C22H22ClN3O/c1-15(2)24-14-21(27)26-19-7-4-3-6-18(19)25-13-5-8-20(25)22(26)16-9-11-17(23)12-10-16/h3-13,15,22,24H,14H2,1-2H3/t22-/m0/s1. The van der Waals surface area contributed by atoms with Gasteiger partial charge in [-0.25, -0.2) is 0 Å². The van der Waals surface area contributed by atoms with Crippen LogP contribution in [0.5, 0.6) is 0 Å². The molecular weight excluding hydrogens is 358 g/mol. The van der Waals surface area contributed by atoms with Gasteiger partial charge in [-0.15, -0.1) is 0 Å². The molecule has 1 aliphatic rings. The van der Waals surface area contributed by atoms with Crippen LogP contribution in [-0.4, -0.2) is 23.1 Å². The van der Waals surface area contributed by atoms with Crippen molar-refractivity contribution in [2.45, 2.75) is 25.9 Å². The van der Waals surface area contributed by atoms with Crippen LogP contribution < -0.4 is 10.2 Å². The molecule has 1 N–H and O–H groups in total. The Balaban J connectivity index is 1.86. The Hall–Kier alpha value is -2.56. The van der Waals surface area contributed by atoms with Gasteiger partial charge in [0.15, 0.2) is 0 Å². The van der Waals surface area contributed by atoms with Crippen molar-refractivity contribution >= 4 is 23.2 Å². The highest BCUT2D eigenvalue weighted by molar-refractivity contribution is 6.30. The summed E-state index contributed by atoms with van der Waals surface area (Å²) in [5, 5.41) is 3.94. The third kappa shape index (κ3) is 3.27. The molecule has 2 heterocycles. The van der Waals surface area contributed by atoms with Crippen molar-refractivity contribution in [1.82, 2.24) is 9.88 Å². The molecular formula is C22H22ClN3O. The van der Waals surface area contributed by atoms with E-state index in [2.05, 4.69) is 16.0 Å². The highest BCUT2D eigenvalue weighted by Gasteiger charge is 2.35. The van der Waals surface area contributed by atoms with Crippen molar-refractivity contribution in [3.05, 3.63) is 83.1 Å². The van der Waals surface area contributed by atoms with Crippen LogP contribution in [0.3, 0.4) is 0 Å². The topological polar surface area (TPSA) is 37.3 Å². The molecule has 1 aromatic heterocycles. The number of nitrogens with zero attached hydrogens (tertiary/aromatic N) is 2. The van der Waals surface area contributed by atoms with Gasteiger partial charge in [0, 0.05) is 17.3 Å². The molecule has 0 aliphatic carbocycles. The first-order valence-corrected chi connectivity index (χ1v) is 9.51. The van der Waals surface area contributed by atoms with Crippen molar-refractivity contribution < 1.29 is 4.79 Å². The zero-order valence-electron chi connectivity index (χ0n) is 15.4. The summed E-state index contributed by atoms with van der Waals surface area (Å²) in [7, 11) is 0. The van der Waals surface area contributed by atoms with Crippen molar-refractivity contribution in [3.63, 3.8) is 0 Å². The number of benzene rings is 2. The van der Waals surface area contributed by atoms with Gasteiger partial charge in [0.1, 0.15) is 6.04 Å². The maximum absolute atomic E-state index is 13.3. The number of anilines is 1. The number of halogens is 1. The lowest BCUT2D eigenvalue weighted by atomic mass is 9.97. The molecule has 0 bridgehead atoms. The van der Waals surface area contributed by atoms with E-state index in [9.17, 15) is 4.79 Å². The van der Waals surface area contributed by atoms with Gasteiger partial charge in [0.05, 0.1) is 23.6 Å². The van der Waals surface area contributed by atoms with E-state index in [1.165, 1.54) is 0 Å². The van der Waals surface area contributed by atoms with Crippen LogP contribution in [0.25, 0.3) is 5.69 Å². The third-order valence-corrected chi connectivity index (χ3v) is 5.09. The Morgan fingerprint density at radius 1 is 1.04 bits per heavy atom. The summed E-state index contributed by atoms with van der Waals surface area (Å²) >= 11 is 6.10. The lowest BCUT2D eigenvalue weighted by molar-refractivity contribution is -0.118. The van der Waals surface area contributed by atoms with Crippen LogP contribution >= 0.6 is 11.6 Å². The molecule has 0 saturated heterocycles. The second kappa shape index (κ2) is 7.22. The Morgan fingerprint density at radius 3 is 2.44 bits per heavy atom. The van der Waals surface area contributed by atoms with Crippen LogP contribution in [-0.2, 0) is 4.79 Å². The van der Waals surface area contributed by atoms with Crippen molar-refractivity contribution in [2.75, 3.05) is 11.4 Å². The number of aromatic nitrogens is 1. The molecule has 5 heteroatoms. The molecule has 1 aliphatic heterocycles. The molecule has 3 aromatic rings. The smallest absolute Gasteiger partial charge is 0.241 e. The Bertz CT molecular complexity index is 962. The number of rotatable bonds is 4. The Kier molecular flexibility index (Phi) is 4.77. The van der Waals surface area contributed by atoms with Gasteiger partial charge >= 0.3 is 0 Å². The predicted octanol–water partition coefficient (Wildman–Crippen LogP) is 4.56. The fraction of sp³-hybridized carbons (Fsp3) is 0.227. The highest BCUT2D eigenvalue weighted by atomic mass is 35.5. The summed E-state index contributed by atoms with van der Waals surface area (Å²) in [4.78, 5) is 15.2. The summed E-state index contributed by atoms with van der Waals surface area (Å²) in [6.07, 6.45) is 2.05. The van der Waals surface area contributed by atoms with Gasteiger partial charge in [0.25, 0.3) is 0 Å². The first kappa shape index (κ1) is 17.8. The molecule has 4 rings (SSSR count). The van der Waals surface area contributed by atoms with Gasteiger partial charge in [0.2, 0.25) is 5.91 Å².